The number of carbonyl (C=O) groups is 1. The van der Waals surface area contributed by atoms with Crippen molar-refractivity contribution >= 4 is 12.0 Å². The van der Waals surface area contributed by atoms with Crippen LogP contribution in [0.5, 0.6) is 11.5 Å². The predicted octanol–water partition coefficient (Wildman–Crippen LogP) is 0.310. The van der Waals surface area contributed by atoms with Crippen molar-refractivity contribution in [2.75, 3.05) is 20.3 Å². The monoisotopic (exact) mass is 268 g/mol. The first-order chi connectivity index (χ1) is 9.06. The fourth-order valence-electron chi connectivity index (χ4n) is 1.24. The summed E-state index contributed by atoms with van der Waals surface area (Å²) in [4.78, 5) is 11.3. The van der Waals surface area contributed by atoms with Gasteiger partial charge in [-0.15, -0.1) is 0 Å². The standard InChI is InChI=1S/C13H16O6/c1-18-12-6-9(2-4-11(12)16)3-5-13(17)19-8-10(15)7-14/h2-6,10,14-16H,7-8H2,1H3/t10-/m1/s1. The maximum absolute atomic E-state index is 11.3. The summed E-state index contributed by atoms with van der Waals surface area (Å²) in [7, 11) is 1.42. The first-order valence-corrected chi connectivity index (χ1v) is 5.57. The van der Waals surface area contributed by atoms with E-state index in [0.29, 0.717) is 11.3 Å². The van der Waals surface area contributed by atoms with E-state index in [9.17, 15) is 9.90 Å². The fraction of sp³-hybridized carbons (Fsp3) is 0.308. The van der Waals surface area contributed by atoms with Gasteiger partial charge in [-0.25, -0.2) is 4.79 Å². The first kappa shape index (κ1) is 15.0. The molecule has 0 unspecified atom stereocenters. The summed E-state index contributed by atoms with van der Waals surface area (Å²) < 4.78 is 9.61. The largest absolute Gasteiger partial charge is 0.504 e. The van der Waals surface area contributed by atoms with Crippen molar-refractivity contribution in [3.05, 3.63) is 29.8 Å². The minimum atomic E-state index is -1.08. The van der Waals surface area contributed by atoms with Crippen molar-refractivity contribution in [2.45, 2.75) is 6.10 Å². The van der Waals surface area contributed by atoms with Gasteiger partial charge in [0, 0.05) is 6.08 Å². The molecule has 6 heteroatoms. The molecule has 6 nitrogen and oxygen atoms in total. The lowest BCUT2D eigenvalue weighted by Crippen LogP contribution is -2.21. The molecule has 0 radical (unpaired) electrons. The van der Waals surface area contributed by atoms with E-state index in [4.69, 9.17) is 14.9 Å². The maximum atomic E-state index is 11.3. The normalized spacial score (nSPS) is 12.4. The molecule has 1 aromatic rings. The number of rotatable bonds is 6. The first-order valence-electron chi connectivity index (χ1n) is 5.57. The number of carbonyl (C=O) groups excluding carboxylic acids is 1. The molecule has 1 aromatic carbocycles. The number of ether oxygens (including phenoxy) is 2. The van der Waals surface area contributed by atoms with Crippen LogP contribution in [0.15, 0.2) is 24.3 Å². The Balaban J connectivity index is 2.58. The third-order valence-electron chi connectivity index (χ3n) is 2.24. The number of aliphatic hydroxyl groups excluding tert-OH is 2. The topological polar surface area (TPSA) is 96.2 Å². The summed E-state index contributed by atoms with van der Waals surface area (Å²) in [5.41, 5.74) is 0.648. The van der Waals surface area contributed by atoms with E-state index in [-0.39, 0.29) is 12.4 Å². The van der Waals surface area contributed by atoms with E-state index in [2.05, 4.69) is 4.74 Å². The van der Waals surface area contributed by atoms with Gasteiger partial charge in [0.1, 0.15) is 12.7 Å². The van der Waals surface area contributed by atoms with E-state index in [0.717, 1.165) is 0 Å². The average Bonchev–Trinajstić information content (AvgIpc) is 2.43. The van der Waals surface area contributed by atoms with Crippen LogP contribution in [0.1, 0.15) is 5.56 Å². The van der Waals surface area contributed by atoms with Gasteiger partial charge in [-0.3, -0.25) is 0 Å². The molecule has 3 N–H and O–H groups in total. The summed E-state index contributed by atoms with van der Waals surface area (Å²) in [6.07, 6.45) is 1.58. The molecule has 0 saturated carbocycles. The lowest BCUT2D eigenvalue weighted by molar-refractivity contribution is -0.141. The Morgan fingerprint density at radius 3 is 2.84 bits per heavy atom. The zero-order valence-electron chi connectivity index (χ0n) is 10.4. The lowest BCUT2D eigenvalue weighted by Gasteiger charge is -2.06. The molecule has 1 atom stereocenters. The number of phenols is 1. The van der Waals surface area contributed by atoms with E-state index in [1.165, 1.54) is 25.3 Å². The van der Waals surface area contributed by atoms with Gasteiger partial charge in [0.05, 0.1) is 13.7 Å². The summed E-state index contributed by atoms with van der Waals surface area (Å²) in [5.74, 6) is -0.334. The Morgan fingerprint density at radius 1 is 1.47 bits per heavy atom. The summed E-state index contributed by atoms with van der Waals surface area (Å²) in [5, 5.41) is 26.9. The molecule has 0 amide bonds. The Hall–Kier alpha value is -2.05. The molecule has 0 fully saturated rings. The van der Waals surface area contributed by atoms with E-state index >= 15 is 0 Å². The smallest absolute Gasteiger partial charge is 0.330 e. The Bertz CT molecular complexity index is 454. The highest BCUT2D eigenvalue weighted by Crippen LogP contribution is 2.26. The van der Waals surface area contributed by atoms with E-state index < -0.39 is 18.7 Å². The third kappa shape index (κ3) is 4.99. The van der Waals surface area contributed by atoms with Crippen LogP contribution < -0.4 is 4.74 Å². The van der Waals surface area contributed by atoms with Crippen LogP contribution in [0.2, 0.25) is 0 Å². The SMILES string of the molecule is COc1cc(C=CC(=O)OC[C@H](O)CO)ccc1O. The molecule has 0 aliphatic rings. The van der Waals surface area contributed by atoms with Crippen LogP contribution in [0, 0.1) is 0 Å². The second-order valence-electron chi connectivity index (χ2n) is 3.73. The highest BCUT2D eigenvalue weighted by atomic mass is 16.5. The summed E-state index contributed by atoms with van der Waals surface area (Å²) in [6, 6.07) is 4.60. The average molecular weight is 268 g/mol. The van der Waals surface area contributed by atoms with Crippen molar-refractivity contribution in [3.63, 3.8) is 0 Å². The minimum Gasteiger partial charge on any atom is -0.504 e. The zero-order valence-corrected chi connectivity index (χ0v) is 10.4. The van der Waals surface area contributed by atoms with Crippen LogP contribution in [0.4, 0.5) is 0 Å². The van der Waals surface area contributed by atoms with Gasteiger partial charge in [0.2, 0.25) is 0 Å². The molecule has 0 aliphatic carbocycles. The second kappa shape index (κ2) is 7.40. The van der Waals surface area contributed by atoms with Gasteiger partial charge in [0.15, 0.2) is 11.5 Å². The molecule has 0 aliphatic heterocycles. The number of benzene rings is 1. The number of aromatic hydroxyl groups is 1. The number of hydrogen-bond donors (Lipinski definition) is 3. The Labute approximate surface area is 110 Å². The van der Waals surface area contributed by atoms with E-state index in [1.807, 2.05) is 0 Å². The number of hydrogen-bond acceptors (Lipinski definition) is 6. The Morgan fingerprint density at radius 2 is 2.21 bits per heavy atom. The predicted molar refractivity (Wildman–Crippen MR) is 67.7 cm³/mol. The van der Waals surface area contributed by atoms with Crippen LogP contribution in [-0.4, -0.2) is 47.7 Å². The maximum Gasteiger partial charge on any atom is 0.330 e. The van der Waals surface area contributed by atoms with Crippen molar-refractivity contribution in [1.29, 1.82) is 0 Å². The molecule has 0 heterocycles. The Kier molecular flexibility index (Phi) is 5.84. The van der Waals surface area contributed by atoms with E-state index in [1.54, 1.807) is 12.1 Å². The quantitative estimate of drug-likeness (QED) is 0.507. The number of aliphatic hydroxyl groups is 2. The summed E-state index contributed by atoms with van der Waals surface area (Å²) >= 11 is 0. The van der Waals surface area contributed by atoms with Crippen LogP contribution in [0.3, 0.4) is 0 Å². The van der Waals surface area contributed by atoms with Gasteiger partial charge in [0.25, 0.3) is 0 Å². The molecular weight excluding hydrogens is 252 g/mol. The van der Waals surface area contributed by atoms with Gasteiger partial charge in [-0.1, -0.05) is 6.07 Å². The molecule has 0 aromatic heterocycles. The van der Waals surface area contributed by atoms with Crippen molar-refractivity contribution in [1.82, 2.24) is 0 Å². The highest BCUT2D eigenvalue weighted by molar-refractivity contribution is 5.87. The van der Waals surface area contributed by atoms with Gasteiger partial charge < -0.3 is 24.8 Å². The third-order valence-corrected chi connectivity index (χ3v) is 2.24. The molecular formula is C13H16O6. The number of phenolic OH excluding ortho intramolecular Hbond substituents is 1. The van der Waals surface area contributed by atoms with Crippen molar-refractivity contribution in [3.8, 4) is 11.5 Å². The van der Waals surface area contributed by atoms with Crippen molar-refractivity contribution < 1.29 is 29.6 Å². The lowest BCUT2D eigenvalue weighted by atomic mass is 10.2. The molecule has 0 spiro atoms. The summed E-state index contributed by atoms with van der Waals surface area (Å²) in [6.45, 7) is -0.731. The number of esters is 1. The molecule has 1 rings (SSSR count). The second-order valence-corrected chi connectivity index (χ2v) is 3.73. The molecule has 0 saturated heterocycles. The van der Waals surface area contributed by atoms with Crippen molar-refractivity contribution in [2.24, 2.45) is 0 Å². The molecule has 104 valence electrons. The number of methoxy groups -OCH3 is 1. The van der Waals surface area contributed by atoms with Crippen LogP contribution in [0.25, 0.3) is 6.08 Å². The minimum absolute atomic E-state index is 0.00768. The van der Waals surface area contributed by atoms with Crippen LogP contribution >= 0.6 is 0 Å². The zero-order chi connectivity index (χ0) is 14.3. The van der Waals surface area contributed by atoms with Gasteiger partial charge in [-0.05, 0) is 23.8 Å². The van der Waals surface area contributed by atoms with Gasteiger partial charge >= 0.3 is 5.97 Å². The van der Waals surface area contributed by atoms with Gasteiger partial charge in [-0.2, -0.15) is 0 Å². The highest BCUT2D eigenvalue weighted by Gasteiger charge is 2.05. The fourth-order valence-corrected chi connectivity index (χ4v) is 1.24. The van der Waals surface area contributed by atoms with Crippen LogP contribution in [-0.2, 0) is 9.53 Å². The molecule has 0 bridgehead atoms. The molecule has 19 heavy (non-hydrogen) atoms.